The third-order valence-corrected chi connectivity index (χ3v) is 40.6. The number of morpholine rings is 2. The fraction of sp³-hybridized carbons (Fsp3) is 0.618. The molecule has 11 atom stereocenters. The average Bonchev–Trinajstić information content (AvgIpc) is 0.718. The van der Waals surface area contributed by atoms with Crippen LogP contribution in [0.15, 0.2) is 54.6 Å². The summed E-state index contributed by atoms with van der Waals surface area (Å²) in [6.07, 6.45) is 2.73. The van der Waals surface area contributed by atoms with Crippen molar-refractivity contribution in [3.8, 4) is 69.0 Å². The number of hydrogen-bond donors (Lipinski definition) is 6. The van der Waals surface area contributed by atoms with E-state index in [1.54, 1.807) is 60.9 Å². The number of aldehydes is 1. The van der Waals surface area contributed by atoms with Gasteiger partial charge in [-0.3, -0.25) is 24.3 Å². The molecule has 7 N–H and O–H groups in total. The fourth-order valence-electron chi connectivity index (χ4n) is 21.2. The van der Waals surface area contributed by atoms with Crippen LogP contribution in [0.25, 0.3) is 9.69 Å². The van der Waals surface area contributed by atoms with Gasteiger partial charge < -0.3 is 106 Å². The van der Waals surface area contributed by atoms with E-state index in [2.05, 4.69) is 138 Å². The number of nitrogens with one attached hydrogen (secondary N) is 1. The summed E-state index contributed by atoms with van der Waals surface area (Å²) in [4.78, 5) is 28.1. The average molecular weight is 1900 g/mol. The molecule has 7 heterocycles. The summed E-state index contributed by atoms with van der Waals surface area (Å²) >= 11 is 0. The number of phenols is 4. The van der Waals surface area contributed by atoms with E-state index in [0.29, 0.717) is 217 Å². The second-order valence-corrected chi connectivity index (χ2v) is 50.5. The number of likely N-dealkylation sites (N-methyl/N-ethyl adjacent to an activating group) is 2. The minimum Gasteiger partial charge on any atom is -0.504 e. The Labute approximate surface area is 805 Å². The molecule has 0 aliphatic carbocycles. The third kappa shape index (κ3) is 22.6. The lowest BCUT2D eigenvalue weighted by Crippen LogP contribution is -2.60. The van der Waals surface area contributed by atoms with Crippen molar-refractivity contribution in [3.63, 3.8) is 0 Å². The van der Waals surface area contributed by atoms with Crippen molar-refractivity contribution in [2.24, 2.45) is 16.6 Å². The molecule has 33 heteroatoms. The highest BCUT2D eigenvalue weighted by Gasteiger charge is 2.54. The van der Waals surface area contributed by atoms with Crippen molar-refractivity contribution in [2.45, 2.75) is 251 Å². The van der Waals surface area contributed by atoms with Crippen LogP contribution in [0.5, 0.6) is 69.0 Å². The third-order valence-electron chi connectivity index (χ3n) is 29.8. The van der Waals surface area contributed by atoms with Gasteiger partial charge in [-0.2, -0.15) is 0 Å². The van der Waals surface area contributed by atoms with Crippen LogP contribution in [-0.2, 0) is 62.6 Å². The normalized spacial score (nSPS) is 22.3. The standard InChI is InChI=1S/C51H75BN4O10Si.C39H62N4O8Si.C12H15BO3/c1-29(2)67(15,30(3)4)66-22-20-35-26-56(21-23-63-35)50(53-9)39-25-37-41(45(58)49(62-14)32(6)47(37)60-12)43(55(39)10)38-24-36-40(44(57)48(61-13)31(5)46(36)59-11)42(54-38)33-16-18-34(19-17-33)52-64-27-51(7,8)28-65-52;1-22(2)52(13,23(3)4)51-16-14-27-21-43(15-17-50-27)39(41-7)30-20-28-32(34(45)38(49-12)25(6)36(28)47-10)33(42(30)8)29(40)18-26-19-31(44)37(48-11)24(5)35(26)46-9;1-12(2)8-15-13(16-9-12)11-5-3-10(7-14)4-6-11/h16-19,29-30,35,38-39,42-43,50,54,57-58H,20-28H2,1-8,10-15H3;19,22-23,27,29-30,33,39,44-45H,14-18,20-21,40H2,1-6,8-13H3;3-7H,8-9H2,1-2H3/t35-,38?,39?,42-,43?,50?;27-,29?,30?,33?,39?;/m00./s1. The highest BCUT2D eigenvalue weighted by molar-refractivity contribution is 6.75. The first-order valence-electron chi connectivity index (χ1n) is 47.7. The summed E-state index contributed by atoms with van der Waals surface area (Å²) < 4.78 is 96.6. The molecule has 0 aromatic heterocycles. The molecule has 29 nitrogen and oxygen atoms in total. The molecular weight excluding hydrogens is 1750 g/mol. The molecule has 0 radical (unpaired) electrons. The monoisotopic (exact) mass is 1900 g/mol. The number of benzene rings is 6. The molecule has 0 bridgehead atoms. The highest BCUT2D eigenvalue weighted by atomic mass is 28.4. The number of aromatic hydroxyl groups is 4. The number of carbonyl (C=O) groups is 1. The summed E-state index contributed by atoms with van der Waals surface area (Å²) in [5, 5.41) is 51.2. The van der Waals surface area contributed by atoms with E-state index in [9.17, 15) is 25.2 Å². The van der Waals surface area contributed by atoms with Gasteiger partial charge in [0, 0.05) is 163 Å². The predicted octanol–water partition coefficient (Wildman–Crippen LogP) is 14.7. The Morgan fingerprint density at radius 2 is 0.896 bits per heavy atom. The molecule has 0 spiro atoms. The van der Waals surface area contributed by atoms with Crippen LogP contribution >= 0.6 is 0 Å². The van der Waals surface area contributed by atoms with Crippen molar-refractivity contribution in [3.05, 3.63) is 150 Å². The van der Waals surface area contributed by atoms with Gasteiger partial charge in [-0.25, -0.2) is 22.9 Å². The second kappa shape index (κ2) is 45.7. The lowest BCUT2D eigenvalue weighted by Gasteiger charge is -2.49. The molecule has 7 aliphatic heterocycles. The van der Waals surface area contributed by atoms with Gasteiger partial charge in [-0.1, -0.05) is 132 Å². The molecule has 13 rings (SSSR count). The summed E-state index contributed by atoms with van der Waals surface area (Å²) in [6, 6.07) is 13.8. The molecule has 4 saturated heterocycles. The summed E-state index contributed by atoms with van der Waals surface area (Å²) in [7, 11) is 12.0. The quantitative estimate of drug-likeness (QED) is 0.0130. The van der Waals surface area contributed by atoms with Crippen LogP contribution in [0, 0.1) is 51.7 Å². The van der Waals surface area contributed by atoms with E-state index < -0.39 is 66.3 Å². The van der Waals surface area contributed by atoms with Crippen molar-refractivity contribution in [2.75, 3.05) is 150 Å². The van der Waals surface area contributed by atoms with Gasteiger partial charge in [0.15, 0.2) is 62.6 Å². The van der Waals surface area contributed by atoms with Gasteiger partial charge in [0.2, 0.25) is 0 Å². The van der Waals surface area contributed by atoms with Crippen LogP contribution in [-0.4, -0.2) is 276 Å². The lowest BCUT2D eigenvalue weighted by atomic mass is 9.74. The van der Waals surface area contributed by atoms with Crippen LogP contribution in [0.3, 0.4) is 0 Å². The fourth-order valence-corrected chi connectivity index (χ4v) is 26.3. The Bertz CT molecular complexity index is 5100. The number of hydrogen-bond acceptors (Lipinski definition) is 27. The summed E-state index contributed by atoms with van der Waals surface area (Å²) in [6.45, 7) is 63.4. The van der Waals surface area contributed by atoms with Crippen molar-refractivity contribution in [1.82, 2.24) is 24.9 Å². The molecule has 6 aromatic rings. The molecule has 135 heavy (non-hydrogen) atoms. The Morgan fingerprint density at radius 3 is 1.29 bits per heavy atom. The Balaban J connectivity index is 0.000000227. The molecule has 4 fully saturated rings. The van der Waals surface area contributed by atoms with Gasteiger partial charge in [-0.15, -0.1) is 0 Å². The molecule has 6 aromatic carbocycles. The Hall–Kier alpha value is -8.43. The van der Waals surface area contributed by atoms with Gasteiger partial charge in [0.1, 0.15) is 41.4 Å². The molecule has 740 valence electrons. The highest BCUT2D eigenvalue weighted by Crippen LogP contribution is 2.57. The van der Waals surface area contributed by atoms with E-state index in [1.165, 1.54) is 14.2 Å². The zero-order valence-electron chi connectivity index (χ0n) is 85.3. The van der Waals surface area contributed by atoms with Gasteiger partial charge >= 0.3 is 14.2 Å². The van der Waals surface area contributed by atoms with E-state index in [1.807, 2.05) is 71.1 Å². The zero-order chi connectivity index (χ0) is 98.9. The minimum absolute atomic E-state index is 0.00594. The number of ether oxygens (including phenoxy) is 10. The first-order valence-corrected chi connectivity index (χ1v) is 52.8. The Morgan fingerprint density at radius 1 is 0.526 bits per heavy atom. The van der Waals surface area contributed by atoms with Crippen LogP contribution in [0.1, 0.15) is 191 Å². The van der Waals surface area contributed by atoms with Crippen LogP contribution in [0.2, 0.25) is 35.3 Å². The molecule has 7 aliphatic rings. The number of nitrogens with zero attached hydrogens (tertiary/aromatic N) is 6. The van der Waals surface area contributed by atoms with Gasteiger partial charge in [0.25, 0.3) is 12.3 Å². The maximum Gasteiger partial charge on any atom is 0.493 e. The van der Waals surface area contributed by atoms with Crippen molar-refractivity contribution >= 4 is 48.1 Å². The number of fused-ring (bicyclic) bond motifs is 3. The van der Waals surface area contributed by atoms with Crippen LogP contribution < -0.4 is 59.9 Å². The predicted molar refractivity (Wildman–Crippen MR) is 533 cm³/mol. The second-order valence-electron chi connectivity index (χ2n) is 40.6. The van der Waals surface area contributed by atoms with E-state index >= 15 is 0 Å². The lowest BCUT2D eigenvalue weighted by molar-refractivity contribution is -0.0599. The first kappa shape index (κ1) is 107. The van der Waals surface area contributed by atoms with Gasteiger partial charge in [-0.05, 0) is 131 Å². The van der Waals surface area contributed by atoms with Crippen molar-refractivity contribution < 1.29 is 100 Å². The van der Waals surface area contributed by atoms with E-state index in [-0.39, 0.29) is 71.7 Å². The minimum atomic E-state index is -1.94. The topological polar surface area (TPSA) is 305 Å². The number of phenolic OH excluding ortho intramolecular Hbond substituents is 4. The number of methoxy groups -OCH3 is 8. The van der Waals surface area contributed by atoms with E-state index in [0.717, 1.165) is 52.3 Å². The summed E-state index contributed by atoms with van der Waals surface area (Å²) in [5.41, 5.74) is 20.4. The number of carbonyl (C=O) groups excluding carboxylic acids is 1. The Kier molecular flexibility index (Phi) is 36.2. The number of nitrogens with two attached hydrogens (primary N) is 1. The zero-order valence-corrected chi connectivity index (χ0v) is 87.3. The van der Waals surface area contributed by atoms with Gasteiger partial charge in [0.05, 0.1) is 100 Å². The smallest absolute Gasteiger partial charge is 0.493 e. The maximum absolute atomic E-state index is 12.4. The van der Waals surface area contributed by atoms with E-state index in [4.69, 9.17) is 93.7 Å². The molecule has 8 unspecified atom stereocenters. The largest absolute Gasteiger partial charge is 0.504 e. The molecule has 0 saturated carbocycles. The number of rotatable bonds is 32. The molecule has 0 amide bonds. The first-order chi connectivity index (χ1) is 64.1. The molecular formula is C102H152B2N8O21Si2. The summed E-state index contributed by atoms with van der Waals surface area (Å²) in [5.74, 6) is 3.85. The maximum atomic E-state index is 12.4. The van der Waals surface area contributed by atoms with Crippen LogP contribution in [0.4, 0.5) is 0 Å². The SMILES string of the molecule is CC1(C)COB(c2ccc(C=O)cc2)OC1.[C-]#[N+]C(C1Cc2c(OC)c(C)c(OC)c(O)c2C(C(N)Cc2cc(O)c(OC)c(C)c2OC)N1C)N1CCO[C@@H](CCO[Si](C)(C(C)C)C(C)C)C1.[C-]#[N+]C(C1Cc2c(OC)c(C)c(OC)c(O)c2C(C2Cc3c(OC)c(C)c(OC)c(O)c3[C@H](c3ccc(B4OCC(C)(C)CO4)cc3)N2)N1C)N1CCO[C@@H](CCO[Si](C)(C(C)C)C(C)C)C1. The van der Waals surface area contributed by atoms with Crippen molar-refractivity contribution in [1.29, 1.82) is 0 Å².